The van der Waals surface area contributed by atoms with E-state index in [1.165, 1.54) is 4.90 Å². The minimum absolute atomic E-state index is 0.132. The van der Waals surface area contributed by atoms with E-state index in [0.29, 0.717) is 33.2 Å². The molecule has 6 rings (SSSR count). The van der Waals surface area contributed by atoms with Crippen LogP contribution < -0.4 is 5.32 Å². The molecule has 230 valence electrons. The summed E-state index contributed by atoms with van der Waals surface area (Å²) in [6, 6.07) is 17.1. The lowest BCUT2D eigenvalue weighted by Crippen LogP contribution is -2.44. The van der Waals surface area contributed by atoms with Crippen LogP contribution in [0.2, 0.25) is 10.0 Å². The number of aryl methyl sites for hydroxylation is 1. The quantitative estimate of drug-likeness (QED) is 0.198. The lowest BCUT2D eigenvalue weighted by Gasteiger charge is -2.24. The van der Waals surface area contributed by atoms with Crippen molar-refractivity contribution in [2.24, 2.45) is 0 Å². The van der Waals surface area contributed by atoms with Crippen molar-refractivity contribution in [1.82, 2.24) is 19.4 Å². The van der Waals surface area contributed by atoms with Crippen LogP contribution in [-0.4, -0.2) is 55.1 Å². The number of aromatic nitrogens is 3. The topological polar surface area (TPSA) is 100 Å². The van der Waals surface area contributed by atoms with E-state index in [9.17, 15) is 19.1 Å². The minimum Gasteiger partial charge on any atom is -0.389 e. The van der Waals surface area contributed by atoms with Gasteiger partial charge in [-0.2, -0.15) is 0 Å². The Morgan fingerprint density at radius 1 is 1.04 bits per heavy atom. The normalized spacial score (nSPS) is 17.1. The number of nitrogens with zero attached hydrogens (tertiary/aromatic N) is 4. The lowest BCUT2D eigenvalue weighted by atomic mass is 10.0. The van der Waals surface area contributed by atoms with Gasteiger partial charge in [-0.15, -0.1) is 0 Å². The molecule has 3 atom stereocenters. The third-order valence-corrected chi connectivity index (χ3v) is 8.81. The molecule has 11 heteroatoms. The summed E-state index contributed by atoms with van der Waals surface area (Å²) in [6.07, 6.45) is 2.90. The number of likely N-dealkylation sites (tertiary alicyclic amines) is 1. The Morgan fingerprint density at radius 2 is 1.78 bits per heavy atom. The van der Waals surface area contributed by atoms with Crippen LogP contribution in [0.15, 0.2) is 79.3 Å². The smallest absolute Gasteiger partial charge is 0.247 e. The van der Waals surface area contributed by atoms with Crippen LogP contribution >= 0.6 is 23.2 Å². The zero-order valence-electron chi connectivity index (χ0n) is 24.5. The fraction of sp³-hybridized carbons (Fsp3) is 0.235. The number of alkyl halides is 1. The van der Waals surface area contributed by atoms with E-state index in [1.54, 1.807) is 54.3 Å². The first-order valence-corrected chi connectivity index (χ1v) is 15.2. The van der Waals surface area contributed by atoms with Crippen LogP contribution in [0.5, 0.6) is 0 Å². The Balaban J connectivity index is 1.24. The maximum atomic E-state index is 14.8. The fourth-order valence-corrected chi connectivity index (χ4v) is 6.30. The van der Waals surface area contributed by atoms with E-state index in [2.05, 4.69) is 15.3 Å². The Hall–Kier alpha value is -4.31. The predicted octanol–water partition coefficient (Wildman–Crippen LogP) is 7.01. The van der Waals surface area contributed by atoms with Gasteiger partial charge in [0.15, 0.2) is 0 Å². The van der Waals surface area contributed by atoms with Crippen molar-refractivity contribution in [3.8, 4) is 22.3 Å². The maximum absolute atomic E-state index is 14.8. The molecule has 8 nitrogen and oxygen atoms in total. The molecule has 2 aromatic heterocycles. The van der Waals surface area contributed by atoms with Gasteiger partial charge in [0.05, 0.1) is 23.4 Å². The Labute approximate surface area is 269 Å². The van der Waals surface area contributed by atoms with Crippen LogP contribution in [0.3, 0.4) is 0 Å². The average Bonchev–Trinajstić information content (AvgIpc) is 3.59. The molecule has 2 amide bonds. The zero-order valence-corrected chi connectivity index (χ0v) is 26.1. The number of rotatable bonds is 7. The standard InChI is InChI=1S/C34H30Cl2FN5O3/c1-19(43)27-17-41(30-11-10-21(12-26(27)30)22-14-38-20(2)39-15-22)18-32(44)42-16-23(37)13-31(42)34(45)40-29-9-5-7-25(33(29)36)24-6-3-4-8-28(24)35/h3-12,14-15,17,19,23,31,43H,13,16,18H2,1-2H3,(H,40,45)/t19?,23-,31+/m1/s1. The number of carbonyl (C=O) groups excluding carboxylic acids is 2. The molecule has 0 radical (unpaired) electrons. The summed E-state index contributed by atoms with van der Waals surface area (Å²) in [4.78, 5) is 37.0. The van der Waals surface area contributed by atoms with Crippen molar-refractivity contribution in [3.05, 3.63) is 101 Å². The minimum atomic E-state index is -1.36. The van der Waals surface area contributed by atoms with E-state index in [4.69, 9.17) is 23.2 Å². The van der Waals surface area contributed by atoms with Gasteiger partial charge in [0, 0.05) is 63.2 Å². The van der Waals surface area contributed by atoms with Crippen LogP contribution in [-0.2, 0) is 16.1 Å². The van der Waals surface area contributed by atoms with Gasteiger partial charge < -0.3 is 19.9 Å². The summed E-state index contributed by atoms with van der Waals surface area (Å²) in [6.45, 7) is 3.12. The number of nitrogens with one attached hydrogen (secondary N) is 1. The molecule has 0 saturated carbocycles. The Morgan fingerprint density at radius 3 is 2.51 bits per heavy atom. The molecule has 1 fully saturated rings. The summed E-state index contributed by atoms with van der Waals surface area (Å²) in [7, 11) is 0. The van der Waals surface area contributed by atoms with Gasteiger partial charge in [0.2, 0.25) is 11.8 Å². The van der Waals surface area contributed by atoms with E-state index in [-0.39, 0.29) is 24.5 Å². The van der Waals surface area contributed by atoms with Crippen LogP contribution in [0.1, 0.15) is 30.8 Å². The molecule has 0 spiro atoms. The van der Waals surface area contributed by atoms with E-state index in [0.717, 1.165) is 22.0 Å². The number of benzene rings is 3. The van der Waals surface area contributed by atoms with Crippen molar-refractivity contribution < 1.29 is 19.1 Å². The van der Waals surface area contributed by atoms with Gasteiger partial charge in [-0.25, -0.2) is 14.4 Å². The highest BCUT2D eigenvalue weighted by Crippen LogP contribution is 2.38. The number of hydrogen-bond donors (Lipinski definition) is 2. The molecular weight excluding hydrogens is 616 g/mol. The van der Waals surface area contributed by atoms with Gasteiger partial charge in [0.25, 0.3) is 0 Å². The van der Waals surface area contributed by atoms with Crippen LogP contribution in [0, 0.1) is 6.92 Å². The largest absolute Gasteiger partial charge is 0.389 e. The van der Waals surface area contributed by atoms with Gasteiger partial charge in [0.1, 0.15) is 24.6 Å². The summed E-state index contributed by atoms with van der Waals surface area (Å²) in [5.74, 6) is -0.294. The molecular formula is C34H30Cl2FN5O3. The second kappa shape index (κ2) is 12.6. The van der Waals surface area contributed by atoms with Crippen molar-refractivity contribution in [1.29, 1.82) is 0 Å². The number of aliphatic hydroxyl groups is 1. The predicted molar refractivity (Wildman–Crippen MR) is 174 cm³/mol. The van der Waals surface area contributed by atoms with Crippen molar-refractivity contribution in [3.63, 3.8) is 0 Å². The summed E-state index contributed by atoms with van der Waals surface area (Å²) < 4.78 is 16.5. The molecule has 0 bridgehead atoms. The number of carbonyl (C=O) groups is 2. The molecule has 5 aromatic rings. The molecule has 1 aliphatic rings. The summed E-state index contributed by atoms with van der Waals surface area (Å²) in [5, 5.41) is 14.9. The summed E-state index contributed by atoms with van der Waals surface area (Å²) >= 11 is 13.1. The Kier molecular flexibility index (Phi) is 8.59. The third-order valence-electron chi connectivity index (χ3n) is 8.08. The first kappa shape index (κ1) is 30.7. The third kappa shape index (κ3) is 6.16. The Bertz CT molecular complexity index is 1910. The fourth-order valence-electron chi connectivity index (χ4n) is 5.79. The maximum Gasteiger partial charge on any atom is 0.247 e. The van der Waals surface area contributed by atoms with Crippen molar-refractivity contribution >= 4 is 51.6 Å². The molecule has 0 aliphatic carbocycles. The molecule has 1 aliphatic heterocycles. The number of fused-ring (bicyclic) bond motifs is 1. The first-order chi connectivity index (χ1) is 21.6. The number of hydrogen-bond acceptors (Lipinski definition) is 5. The second-order valence-corrected chi connectivity index (χ2v) is 12.0. The van der Waals surface area contributed by atoms with E-state index in [1.807, 2.05) is 43.3 Å². The monoisotopic (exact) mass is 645 g/mol. The lowest BCUT2D eigenvalue weighted by molar-refractivity contribution is -0.137. The molecule has 3 aromatic carbocycles. The van der Waals surface area contributed by atoms with Gasteiger partial charge in [-0.05, 0) is 43.7 Å². The number of aliphatic hydroxyl groups excluding tert-OH is 1. The summed E-state index contributed by atoms with van der Waals surface area (Å²) in [5.41, 5.74) is 4.71. The molecule has 1 saturated heterocycles. The molecule has 3 heterocycles. The van der Waals surface area contributed by atoms with Crippen molar-refractivity contribution in [2.45, 2.75) is 45.1 Å². The SMILES string of the molecule is Cc1ncc(-c2ccc3c(c2)c(C(C)O)cn3CC(=O)N2C[C@H](F)C[C@H]2C(=O)Nc2cccc(-c3ccccc3Cl)c2Cl)cn1. The number of halogens is 3. The number of anilines is 1. The van der Waals surface area contributed by atoms with Gasteiger partial charge in [-0.1, -0.05) is 59.6 Å². The van der Waals surface area contributed by atoms with Crippen LogP contribution in [0.4, 0.5) is 10.1 Å². The van der Waals surface area contributed by atoms with Gasteiger partial charge >= 0.3 is 0 Å². The second-order valence-electron chi connectivity index (χ2n) is 11.2. The zero-order chi connectivity index (χ0) is 31.8. The highest BCUT2D eigenvalue weighted by atomic mass is 35.5. The van der Waals surface area contributed by atoms with E-state index >= 15 is 0 Å². The first-order valence-electron chi connectivity index (χ1n) is 14.5. The van der Waals surface area contributed by atoms with E-state index < -0.39 is 30.1 Å². The highest BCUT2D eigenvalue weighted by molar-refractivity contribution is 6.38. The molecule has 1 unspecified atom stereocenters. The van der Waals surface area contributed by atoms with Crippen LogP contribution in [0.25, 0.3) is 33.2 Å². The molecule has 2 N–H and O–H groups in total. The highest BCUT2D eigenvalue weighted by Gasteiger charge is 2.40. The molecule has 45 heavy (non-hydrogen) atoms. The van der Waals surface area contributed by atoms with Gasteiger partial charge in [-0.3, -0.25) is 9.59 Å². The van der Waals surface area contributed by atoms with Crippen molar-refractivity contribution in [2.75, 3.05) is 11.9 Å². The number of amides is 2. The average molecular weight is 647 g/mol.